The van der Waals surface area contributed by atoms with E-state index in [2.05, 4.69) is 10.1 Å². The predicted molar refractivity (Wildman–Crippen MR) is 59.4 cm³/mol. The number of methoxy groups -OCH3 is 1. The highest BCUT2D eigenvalue weighted by molar-refractivity contribution is 5.95. The van der Waals surface area contributed by atoms with Gasteiger partial charge in [0.2, 0.25) is 0 Å². The van der Waals surface area contributed by atoms with Gasteiger partial charge in [0.05, 0.1) is 31.9 Å². The largest absolute Gasteiger partial charge is 0.465 e. The first kappa shape index (κ1) is 12.5. The number of benzene rings is 1. The maximum atomic E-state index is 11.4. The second kappa shape index (κ2) is 6.09. The van der Waals surface area contributed by atoms with E-state index in [1.807, 2.05) is 0 Å². The van der Waals surface area contributed by atoms with Gasteiger partial charge in [0.1, 0.15) is 0 Å². The van der Waals surface area contributed by atoms with E-state index < -0.39 is 12.0 Å². The van der Waals surface area contributed by atoms with E-state index in [0.29, 0.717) is 11.3 Å². The Labute approximate surface area is 93.7 Å². The Hall–Kier alpha value is -1.59. The number of aliphatic hydroxyl groups excluding tert-OH is 2. The molecule has 1 aromatic carbocycles. The van der Waals surface area contributed by atoms with Gasteiger partial charge in [-0.15, -0.1) is 0 Å². The maximum absolute atomic E-state index is 11.4. The number of hydrogen-bond donors (Lipinski definition) is 3. The molecule has 0 fully saturated rings. The summed E-state index contributed by atoms with van der Waals surface area (Å²) in [5.74, 6) is -0.460. The molecule has 1 aromatic rings. The number of esters is 1. The number of anilines is 1. The van der Waals surface area contributed by atoms with Crippen LogP contribution in [0.25, 0.3) is 0 Å². The molecule has 5 heteroatoms. The summed E-state index contributed by atoms with van der Waals surface area (Å²) in [4.78, 5) is 11.4. The molecule has 0 bridgehead atoms. The lowest BCUT2D eigenvalue weighted by Crippen LogP contribution is -2.28. The molecule has 0 aliphatic heterocycles. The zero-order chi connectivity index (χ0) is 12.0. The van der Waals surface area contributed by atoms with Crippen molar-refractivity contribution in [2.45, 2.75) is 6.04 Å². The Morgan fingerprint density at radius 1 is 1.38 bits per heavy atom. The highest BCUT2D eigenvalue weighted by Crippen LogP contribution is 2.16. The van der Waals surface area contributed by atoms with Crippen LogP contribution in [-0.2, 0) is 4.74 Å². The van der Waals surface area contributed by atoms with Gasteiger partial charge < -0.3 is 20.3 Å². The number of carbonyl (C=O) groups is 1. The molecule has 0 saturated carbocycles. The molecule has 0 aliphatic rings. The van der Waals surface area contributed by atoms with Crippen LogP contribution in [0.15, 0.2) is 24.3 Å². The lowest BCUT2D eigenvalue weighted by atomic mass is 10.1. The van der Waals surface area contributed by atoms with Crippen LogP contribution in [0, 0.1) is 0 Å². The van der Waals surface area contributed by atoms with Crippen LogP contribution < -0.4 is 5.32 Å². The second-order valence-corrected chi connectivity index (χ2v) is 3.24. The molecule has 0 amide bonds. The summed E-state index contributed by atoms with van der Waals surface area (Å²) < 4.78 is 4.62. The average molecular weight is 225 g/mol. The Morgan fingerprint density at radius 2 is 2.00 bits per heavy atom. The molecule has 0 unspecified atom stereocenters. The van der Waals surface area contributed by atoms with Crippen LogP contribution in [-0.4, -0.2) is 42.5 Å². The summed E-state index contributed by atoms with van der Waals surface area (Å²) in [6.07, 6.45) is 0. The summed E-state index contributed by atoms with van der Waals surface area (Å²) in [6, 6.07) is 6.26. The van der Waals surface area contributed by atoms with Crippen molar-refractivity contribution >= 4 is 11.7 Å². The fourth-order valence-electron chi connectivity index (χ4n) is 1.27. The van der Waals surface area contributed by atoms with Crippen LogP contribution in [0.4, 0.5) is 5.69 Å². The van der Waals surface area contributed by atoms with E-state index >= 15 is 0 Å². The van der Waals surface area contributed by atoms with Gasteiger partial charge in [0, 0.05) is 5.69 Å². The first-order valence-electron chi connectivity index (χ1n) is 4.88. The molecule has 0 heterocycles. The van der Waals surface area contributed by atoms with Crippen molar-refractivity contribution in [2.24, 2.45) is 0 Å². The Kier molecular flexibility index (Phi) is 4.75. The van der Waals surface area contributed by atoms with E-state index in [-0.39, 0.29) is 13.2 Å². The number of carbonyl (C=O) groups excluding carboxylic acids is 1. The number of hydrogen-bond acceptors (Lipinski definition) is 5. The van der Waals surface area contributed by atoms with Gasteiger partial charge in [-0.3, -0.25) is 0 Å². The Balaban J connectivity index is 2.90. The summed E-state index contributed by atoms with van der Waals surface area (Å²) in [7, 11) is 1.30. The molecule has 0 aliphatic carbocycles. The van der Waals surface area contributed by atoms with Crippen LogP contribution in [0.3, 0.4) is 0 Å². The Morgan fingerprint density at radius 3 is 2.56 bits per heavy atom. The first-order chi connectivity index (χ1) is 7.72. The fourth-order valence-corrected chi connectivity index (χ4v) is 1.27. The molecular formula is C11H15NO4. The molecule has 0 aromatic heterocycles. The van der Waals surface area contributed by atoms with Gasteiger partial charge in [0.15, 0.2) is 0 Å². The van der Waals surface area contributed by atoms with Gasteiger partial charge in [0.25, 0.3) is 0 Å². The molecular weight excluding hydrogens is 210 g/mol. The van der Waals surface area contributed by atoms with Crippen molar-refractivity contribution in [1.29, 1.82) is 0 Å². The van der Waals surface area contributed by atoms with Crippen molar-refractivity contribution in [3.63, 3.8) is 0 Å². The lowest BCUT2D eigenvalue weighted by Gasteiger charge is -2.16. The van der Waals surface area contributed by atoms with Crippen molar-refractivity contribution < 1.29 is 19.7 Å². The van der Waals surface area contributed by atoms with E-state index in [4.69, 9.17) is 10.2 Å². The topological polar surface area (TPSA) is 78.8 Å². The number of rotatable bonds is 5. The first-order valence-corrected chi connectivity index (χ1v) is 4.88. The minimum atomic E-state index is -0.495. The lowest BCUT2D eigenvalue weighted by molar-refractivity contribution is 0.0601. The number of aliphatic hydroxyl groups is 2. The summed E-state index contributed by atoms with van der Waals surface area (Å²) >= 11 is 0. The van der Waals surface area contributed by atoms with Crippen molar-refractivity contribution in [3.05, 3.63) is 29.8 Å². The van der Waals surface area contributed by atoms with Crippen molar-refractivity contribution in [1.82, 2.24) is 0 Å². The molecule has 88 valence electrons. The Bertz CT molecular complexity index is 350. The van der Waals surface area contributed by atoms with Gasteiger partial charge >= 0.3 is 5.97 Å². The fraction of sp³-hybridized carbons (Fsp3) is 0.364. The average Bonchev–Trinajstić information content (AvgIpc) is 2.35. The van der Waals surface area contributed by atoms with Crippen LogP contribution >= 0.6 is 0 Å². The molecule has 0 saturated heterocycles. The number of ether oxygens (including phenoxy) is 1. The molecule has 16 heavy (non-hydrogen) atoms. The molecule has 0 spiro atoms. The van der Waals surface area contributed by atoms with E-state index in [9.17, 15) is 4.79 Å². The van der Waals surface area contributed by atoms with Crippen LogP contribution in [0.1, 0.15) is 10.4 Å². The second-order valence-electron chi connectivity index (χ2n) is 3.24. The van der Waals surface area contributed by atoms with Crippen LogP contribution in [0.2, 0.25) is 0 Å². The minimum absolute atomic E-state index is 0.216. The zero-order valence-corrected chi connectivity index (χ0v) is 9.01. The summed E-state index contributed by atoms with van der Waals surface area (Å²) in [5.41, 5.74) is 0.902. The van der Waals surface area contributed by atoms with E-state index in [1.54, 1.807) is 24.3 Å². The van der Waals surface area contributed by atoms with Gasteiger partial charge in [-0.05, 0) is 12.1 Å². The molecule has 1 rings (SSSR count). The monoisotopic (exact) mass is 225 g/mol. The highest BCUT2D eigenvalue weighted by atomic mass is 16.5. The summed E-state index contributed by atoms with van der Waals surface area (Å²) in [5, 5.41) is 20.7. The SMILES string of the molecule is COC(=O)c1ccccc1NC(CO)CO. The van der Waals surface area contributed by atoms with Crippen molar-refractivity contribution in [2.75, 3.05) is 25.6 Å². The third-order valence-corrected chi connectivity index (χ3v) is 2.13. The van der Waals surface area contributed by atoms with Crippen LogP contribution in [0.5, 0.6) is 0 Å². The zero-order valence-electron chi connectivity index (χ0n) is 9.01. The third kappa shape index (κ3) is 2.95. The normalized spacial score (nSPS) is 10.2. The molecule has 0 radical (unpaired) electrons. The van der Waals surface area contributed by atoms with E-state index in [1.165, 1.54) is 7.11 Å². The smallest absolute Gasteiger partial charge is 0.339 e. The number of para-hydroxylation sites is 1. The number of nitrogens with one attached hydrogen (secondary N) is 1. The standard InChI is InChI=1S/C11H15NO4/c1-16-11(15)9-4-2-3-5-10(9)12-8(6-13)7-14/h2-5,8,12-14H,6-7H2,1H3. The maximum Gasteiger partial charge on any atom is 0.339 e. The van der Waals surface area contributed by atoms with E-state index in [0.717, 1.165) is 0 Å². The third-order valence-electron chi connectivity index (χ3n) is 2.13. The molecule has 3 N–H and O–H groups in total. The predicted octanol–water partition coefficient (Wildman–Crippen LogP) is 0.238. The van der Waals surface area contributed by atoms with Crippen molar-refractivity contribution in [3.8, 4) is 0 Å². The highest BCUT2D eigenvalue weighted by Gasteiger charge is 2.13. The summed E-state index contributed by atoms with van der Waals surface area (Å²) in [6.45, 7) is -0.433. The van der Waals surface area contributed by atoms with Gasteiger partial charge in [-0.2, -0.15) is 0 Å². The molecule has 5 nitrogen and oxygen atoms in total. The van der Waals surface area contributed by atoms with Gasteiger partial charge in [-0.25, -0.2) is 4.79 Å². The molecule has 0 atom stereocenters. The van der Waals surface area contributed by atoms with Gasteiger partial charge in [-0.1, -0.05) is 12.1 Å². The minimum Gasteiger partial charge on any atom is -0.465 e. The quantitative estimate of drug-likeness (QED) is 0.625.